The number of ketones is 1. The van der Waals surface area contributed by atoms with E-state index in [1.54, 1.807) is 4.90 Å². The van der Waals surface area contributed by atoms with Crippen molar-refractivity contribution < 1.29 is 37.0 Å². The number of nitrogens with zero attached hydrogens (tertiary/aromatic N) is 4. The highest BCUT2D eigenvalue weighted by atomic mass is 35.5. The SMILES string of the molecule is CC[C@@H]1C[C@]1(CC(=O)[C@@H]1C[C@@H](Oc2cc(-c3nc(C(C)C)cs3)nc3c(Cl)c(OCCN4CCOCC4)ccc23)[C@H]2CN[C@H]([C@@H](C)CC)C(=O)N21)C(=O)NS(=O)(=O)C1CC1. The first kappa shape index (κ1) is 43.2. The fraction of sp³-hybridized carbons (Fsp3) is 0.651. The van der Waals surface area contributed by atoms with Gasteiger partial charge in [-0.2, -0.15) is 0 Å². The molecule has 0 spiro atoms. The van der Waals surface area contributed by atoms with Crippen molar-refractivity contribution in [3.8, 4) is 22.2 Å². The van der Waals surface area contributed by atoms with Crippen LogP contribution < -0.4 is 19.5 Å². The standard InChI is InChI=1S/C43H57ClN6O8S2/c1-6-25(5)38-41(52)50-31(33(51)21-43(20-26(43)7-2)42(53)48-60(54,55)27-8-9-27)19-36(32(50)22-45-38)58-35-18-29(40-47-30(23-59-40)24(3)4)46-39-28(35)10-11-34(37(39)44)57-17-14-49-12-15-56-16-13-49/h10-11,18,23-27,31-32,36,38,45H,6-9,12-17,19-22H2,1-5H3,(H,48,53)/t25-,26+,31-,32+,36+,38+,43+/m0/s1. The average molecular weight is 886 g/mol. The van der Waals surface area contributed by atoms with E-state index in [9.17, 15) is 22.8 Å². The zero-order chi connectivity index (χ0) is 42.5. The number of morpholine rings is 1. The number of amides is 2. The molecule has 5 aliphatic rings. The smallest absolute Gasteiger partial charge is 0.241 e. The number of hydrogen-bond donors (Lipinski definition) is 2. The van der Waals surface area contributed by atoms with Crippen molar-refractivity contribution in [3.05, 3.63) is 34.3 Å². The lowest BCUT2D eigenvalue weighted by Gasteiger charge is -2.41. The van der Waals surface area contributed by atoms with Gasteiger partial charge in [0, 0.05) is 55.9 Å². The van der Waals surface area contributed by atoms with Crippen molar-refractivity contribution in [2.75, 3.05) is 46.0 Å². The maximum atomic E-state index is 14.6. The largest absolute Gasteiger partial charge is 0.491 e. The maximum absolute atomic E-state index is 14.6. The molecule has 2 aromatic heterocycles. The van der Waals surface area contributed by atoms with Gasteiger partial charge in [0.25, 0.3) is 0 Å². The molecule has 60 heavy (non-hydrogen) atoms. The molecule has 2 N–H and O–H groups in total. The molecule has 14 nitrogen and oxygen atoms in total. The Morgan fingerprint density at radius 2 is 1.90 bits per heavy atom. The molecule has 326 valence electrons. The van der Waals surface area contributed by atoms with E-state index in [2.05, 4.69) is 28.8 Å². The second-order valence-electron chi connectivity index (χ2n) is 17.6. The molecule has 1 aromatic carbocycles. The van der Waals surface area contributed by atoms with E-state index >= 15 is 0 Å². The number of hydrogen-bond acceptors (Lipinski definition) is 13. The van der Waals surface area contributed by atoms with Gasteiger partial charge in [-0.25, -0.2) is 18.4 Å². The predicted octanol–water partition coefficient (Wildman–Crippen LogP) is 5.56. The van der Waals surface area contributed by atoms with E-state index in [1.807, 2.05) is 44.4 Å². The number of thiazole rings is 1. The number of benzene rings is 1. The Hall–Kier alpha value is -3.41. The summed E-state index contributed by atoms with van der Waals surface area (Å²) in [7, 11) is -3.80. The fourth-order valence-electron chi connectivity index (χ4n) is 9.12. The molecular formula is C43H57ClN6O8S2. The van der Waals surface area contributed by atoms with Crippen molar-refractivity contribution in [3.63, 3.8) is 0 Å². The third-order valence-electron chi connectivity index (χ3n) is 13.3. The molecule has 0 radical (unpaired) electrons. The van der Waals surface area contributed by atoms with E-state index < -0.39 is 50.8 Å². The van der Waals surface area contributed by atoms with Crippen molar-refractivity contribution in [2.24, 2.45) is 17.3 Å². The quantitative estimate of drug-likeness (QED) is 0.173. The third-order valence-corrected chi connectivity index (χ3v) is 16.4. The van der Waals surface area contributed by atoms with Crippen LogP contribution in [0.5, 0.6) is 11.5 Å². The van der Waals surface area contributed by atoms with Crippen LogP contribution in [0, 0.1) is 17.3 Å². The van der Waals surface area contributed by atoms with Crippen molar-refractivity contribution in [1.82, 2.24) is 29.8 Å². The number of carbonyl (C=O) groups is 3. The Bertz CT molecular complexity index is 2230. The summed E-state index contributed by atoms with van der Waals surface area (Å²) in [6, 6.07) is 3.72. The predicted molar refractivity (Wildman–Crippen MR) is 230 cm³/mol. The summed E-state index contributed by atoms with van der Waals surface area (Å²) < 4.78 is 46.7. The molecule has 17 heteroatoms. The maximum Gasteiger partial charge on any atom is 0.241 e. The summed E-state index contributed by atoms with van der Waals surface area (Å²) >= 11 is 8.61. The first-order valence-corrected chi connectivity index (χ1v) is 24.4. The van der Waals surface area contributed by atoms with Gasteiger partial charge in [-0.3, -0.25) is 24.0 Å². The number of piperazine rings is 1. The number of carbonyl (C=O) groups excluding carboxylic acids is 3. The van der Waals surface area contributed by atoms with E-state index in [0.717, 1.165) is 31.7 Å². The number of fused-ring (bicyclic) bond motifs is 2. The van der Waals surface area contributed by atoms with Gasteiger partial charge < -0.3 is 24.4 Å². The summed E-state index contributed by atoms with van der Waals surface area (Å²) in [5.41, 5.74) is 0.873. The van der Waals surface area contributed by atoms with Crippen molar-refractivity contribution in [1.29, 1.82) is 0 Å². The lowest BCUT2D eigenvalue weighted by Crippen LogP contribution is -2.64. The van der Waals surface area contributed by atoms with Gasteiger partial charge >= 0.3 is 0 Å². The minimum absolute atomic E-state index is 0.0139. The van der Waals surface area contributed by atoms with E-state index in [0.29, 0.717) is 90.2 Å². The number of Topliss-reactive ketones (excluding diaryl/α,β-unsaturated/α-hetero) is 1. The summed E-state index contributed by atoms with van der Waals surface area (Å²) in [6.07, 6.45) is 2.29. The summed E-state index contributed by atoms with van der Waals surface area (Å²) in [5, 5.41) is 6.62. The van der Waals surface area contributed by atoms with Crippen molar-refractivity contribution >= 4 is 61.5 Å². The molecule has 2 amide bonds. The number of sulfonamides is 1. The van der Waals surface area contributed by atoms with Crippen LogP contribution in [-0.4, -0.2) is 121 Å². The zero-order valence-corrected chi connectivity index (χ0v) is 37.5. The van der Waals surface area contributed by atoms with Crippen LogP contribution in [0.1, 0.15) is 91.2 Å². The Morgan fingerprint density at radius 1 is 1.13 bits per heavy atom. The highest BCUT2D eigenvalue weighted by Crippen LogP contribution is 2.58. The van der Waals surface area contributed by atoms with Crippen LogP contribution in [0.25, 0.3) is 21.6 Å². The number of nitrogens with one attached hydrogen (secondary N) is 2. The van der Waals surface area contributed by atoms with Crippen LogP contribution >= 0.6 is 22.9 Å². The van der Waals surface area contributed by atoms with Crippen LogP contribution in [-0.2, 0) is 29.1 Å². The number of aromatic nitrogens is 2. The van der Waals surface area contributed by atoms with Crippen LogP contribution in [0.3, 0.4) is 0 Å². The average Bonchev–Trinajstić information content (AvgIpc) is 4.13. The number of pyridine rings is 1. The Balaban J connectivity index is 1.11. The summed E-state index contributed by atoms with van der Waals surface area (Å²) in [5.74, 6) is 0.0432. The number of halogens is 1. The molecule has 3 aliphatic heterocycles. The molecule has 0 unspecified atom stereocenters. The number of rotatable bonds is 17. The van der Waals surface area contributed by atoms with Gasteiger partial charge in [0.05, 0.1) is 53.2 Å². The van der Waals surface area contributed by atoms with E-state index in [1.165, 1.54) is 11.3 Å². The minimum atomic E-state index is -3.80. The van der Waals surface area contributed by atoms with Gasteiger partial charge in [0.1, 0.15) is 39.9 Å². The normalized spacial score (nSPS) is 27.6. The second kappa shape index (κ2) is 17.4. The molecule has 5 fully saturated rings. The summed E-state index contributed by atoms with van der Waals surface area (Å²) in [4.78, 5) is 56.7. The summed E-state index contributed by atoms with van der Waals surface area (Å²) in [6.45, 7) is 14.8. The molecular weight excluding hydrogens is 828 g/mol. The highest BCUT2D eigenvalue weighted by molar-refractivity contribution is 7.90. The first-order chi connectivity index (χ1) is 28.7. The van der Waals surface area contributed by atoms with E-state index in [-0.39, 0.29) is 42.3 Å². The molecule has 8 rings (SSSR count). The molecule has 3 saturated heterocycles. The topological polar surface area (TPSA) is 169 Å². The Kier molecular flexibility index (Phi) is 12.5. The fourth-order valence-corrected chi connectivity index (χ4v) is 11.7. The monoisotopic (exact) mass is 884 g/mol. The second-order valence-corrected chi connectivity index (χ2v) is 20.8. The minimum Gasteiger partial charge on any atom is -0.491 e. The van der Waals surface area contributed by atoms with Crippen LogP contribution in [0.4, 0.5) is 0 Å². The Labute approximate surface area is 361 Å². The van der Waals surface area contributed by atoms with E-state index in [4.69, 9.17) is 35.8 Å². The third kappa shape index (κ3) is 8.53. The molecule has 2 aliphatic carbocycles. The molecule has 5 heterocycles. The first-order valence-electron chi connectivity index (χ1n) is 21.6. The van der Waals surface area contributed by atoms with Gasteiger partial charge in [-0.05, 0) is 49.1 Å². The zero-order valence-electron chi connectivity index (χ0n) is 35.1. The Morgan fingerprint density at radius 3 is 2.57 bits per heavy atom. The lowest BCUT2D eigenvalue weighted by molar-refractivity contribution is -0.146. The molecule has 0 bridgehead atoms. The molecule has 3 aromatic rings. The highest BCUT2D eigenvalue weighted by Gasteiger charge is 2.62. The van der Waals surface area contributed by atoms with Gasteiger partial charge in [-0.15, -0.1) is 11.3 Å². The van der Waals surface area contributed by atoms with Gasteiger partial charge in [-0.1, -0.05) is 59.1 Å². The van der Waals surface area contributed by atoms with Gasteiger partial charge in [0.15, 0.2) is 5.78 Å². The number of ether oxygens (including phenoxy) is 3. The molecule has 7 atom stereocenters. The van der Waals surface area contributed by atoms with Crippen LogP contribution in [0.15, 0.2) is 23.6 Å². The van der Waals surface area contributed by atoms with Crippen LogP contribution in [0.2, 0.25) is 5.02 Å². The van der Waals surface area contributed by atoms with Crippen molar-refractivity contribution in [2.45, 2.75) is 115 Å². The molecule has 2 saturated carbocycles. The lowest BCUT2D eigenvalue weighted by atomic mass is 9.90. The van der Waals surface area contributed by atoms with Gasteiger partial charge in [0.2, 0.25) is 21.8 Å².